The van der Waals surface area contributed by atoms with E-state index in [1.54, 1.807) is 22.6 Å². The highest BCUT2D eigenvalue weighted by Crippen LogP contribution is 2.27. The van der Waals surface area contributed by atoms with Crippen molar-refractivity contribution in [2.75, 3.05) is 6.61 Å². The first kappa shape index (κ1) is 13.7. The third-order valence-electron chi connectivity index (χ3n) is 2.72. The van der Waals surface area contributed by atoms with Crippen LogP contribution in [0, 0.1) is 3.57 Å². The quantitative estimate of drug-likeness (QED) is 0.439. The fourth-order valence-electron chi connectivity index (χ4n) is 1.76. The lowest BCUT2D eigenvalue weighted by Crippen LogP contribution is -2.38. The normalized spacial score (nSPS) is 31.8. The molecule has 0 saturated carbocycles. The van der Waals surface area contributed by atoms with Crippen LogP contribution in [-0.2, 0) is 4.74 Å². The molecule has 1 aromatic heterocycles. The Hall–Kier alpha value is -0.750. The fraction of sp³-hybridized carbons (Fsp3) is 0.556. The summed E-state index contributed by atoms with van der Waals surface area (Å²) in [6.45, 7) is -0.482. The Labute approximate surface area is 114 Å². The molecule has 1 aliphatic rings. The van der Waals surface area contributed by atoms with Gasteiger partial charge in [-0.05, 0) is 22.6 Å². The predicted molar refractivity (Wildman–Crippen MR) is 67.0 cm³/mol. The molecule has 8 nitrogen and oxygen atoms in total. The lowest BCUT2D eigenvalue weighted by atomic mass is 10.1. The highest BCUT2D eigenvalue weighted by atomic mass is 123. The maximum atomic E-state index is 11.6. The number of aliphatic hydroxyl groups excluding tert-OH is 3. The maximum Gasteiger partial charge on any atom is 0.330 e. The van der Waals surface area contributed by atoms with Crippen molar-refractivity contribution in [1.82, 2.24) is 9.55 Å². The van der Waals surface area contributed by atoms with Crippen molar-refractivity contribution in [3.05, 3.63) is 30.6 Å². The average Bonchev–Trinajstić information content (AvgIpc) is 2.61. The number of aromatic nitrogens is 2. The molecule has 100 valence electrons. The van der Waals surface area contributed by atoms with Crippen molar-refractivity contribution >= 4 is 22.6 Å². The number of hydrogen-bond donors (Lipinski definition) is 4. The van der Waals surface area contributed by atoms with Crippen LogP contribution in [0.2, 0.25) is 0 Å². The highest BCUT2D eigenvalue weighted by molar-refractivity contribution is 14.1. The van der Waals surface area contributed by atoms with Gasteiger partial charge < -0.3 is 20.1 Å². The van der Waals surface area contributed by atoms with E-state index in [-0.39, 0.29) is 3.57 Å². The molecule has 0 aromatic carbocycles. The van der Waals surface area contributed by atoms with Crippen molar-refractivity contribution in [2.45, 2.75) is 24.5 Å². The Balaban J connectivity index is 2.42. The summed E-state index contributed by atoms with van der Waals surface area (Å²) >= 11 is 1.73. The van der Waals surface area contributed by atoms with E-state index in [0.29, 0.717) is 0 Å². The first-order chi connectivity index (χ1) is 8.45. The molecule has 0 spiro atoms. The molecule has 0 amide bonds. The molecule has 9 heteroatoms. The molecule has 1 aromatic rings. The van der Waals surface area contributed by atoms with Crippen LogP contribution in [0.4, 0.5) is 0 Å². The number of aromatic amines is 1. The molecule has 4 N–H and O–H groups in total. The molecule has 1 fully saturated rings. The van der Waals surface area contributed by atoms with E-state index >= 15 is 0 Å². The van der Waals surface area contributed by atoms with E-state index < -0.39 is 42.4 Å². The zero-order valence-corrected chi connectivity index (χ0v) is 11.1. The molecule has 0 radical (unpaired) electrons. The summed E-state index contributed by atoms with van der Waals surface area (Å²) in [6.07, 6.45) is -3.54. The molecule has 0 aliphatic carbocycles. The van der Waals surface area contributed by atoms with Crippen LogP contribution in [0.15, 0.2) is 15.8 Å². The molecule has 1 aliphatic heterocycles. The van der Waals surface area contributed by atoms with Crippen molar-refractivity contribution in [2.24, 2.45) is 0 Å². The lowest BCUT2D eigenvalue weighted by molar-refractivity contribution is -0.0551. The molecular weight excluding hydrogens is 355 g/mol. The summed E-state index contributed by atoms with van der Waals surface area (Å²) < 4.78 is 6.40. The second kappa shape index (κ2) is 5.09. The number of nitrogens with zero attached hydrogens (tertiary/aromatic N) is 1. The topological polar surface area (TPSA) is 125 Å². The standard InChI is InChI=1S/C9H11IN2O6/c10-3-1-12(9(17)11-7(3)16)8-6(15)5(14)4(2-13)18-8/h1,4-6,8,13-15H,2H2,(H,11,16,17)/t4-,5-,6-,8-/m1/s1/i10-4. The number of aliphatic hydroxyl groups is 3. The number of ether oxygens (including phenoxy) is 1. The van der Waals surface area contributed by atoms with Gasteiger partial charge in [-0.25, -0.2) is 4.79 Å². The SMILES string of the molecule is O=c1[nH]c(=O)n([C@@H]2O[C@H](CO)[C@@H](O)[C@H]2O)cc1[123I]. The van der Waals surface area contributed by atoms with Crippen LogP contribution in [0.1, 0.15) is 6.23 Å². The number of nitrogens with one attached hydrogen (secondary N) is 1. The summed E-state index contributed by atoms with van der Waals surface area (Å²) in [7, 11) is 0. The van der Waals surface area contributed by atoms with Crippen molar-refractivity contribution in [3.8, 4) is 0 Å². The van der Waals surface area contributed by atoms with Gasteiger partial charge in [0.2, 0.25) is 0 Å². The Morgan fingerprint density at radius 3 is 2.61 bits per heavy atom. The molecule has 0 bridgehead atoms. The van der Waals surface area contributed by atoms with Gasteiger partial charge in [-0.2, -0.15) is 0 Å². The minimum Gasteiger partial charge on any atom is -0.394 e. The zero-order chi connectivity index (χ0) is 13.4. The monoisotopic (exact) mass is 366 g/mol. The van der Waals surface area contributed by atoms with Crippen molar-refractivity contribution < 1.29 is 20.1 Å². The summed E-state index contributed by atoms with van der Waals surface area (Å²) in [6, 6.07) is 0. The predicted octanol–water partition coefficient (Wildman–Crippen LogP) is -2.25. The van der Waals surface area contributed by atoms with Gasteiger partial charge in [0.15, 0.2) is 6.23 Å². The second-order valence-electron chi connectivity index (χ2n) is 3.87. The molecule has 1 saturated heterocycles. The Bertz CT molecular complexity index is 555. The highest BCUT2D eigenvalue weighted by Gasteiger charge is 2.43. The van der Waals surface area contributed by atoms with Crippen LogP contribution >= 0.6 is 22.6 Å². The van der Waals surface area contributed by atoms with Crippen LogP contribution in [0.3, 0.4) is 0 Å². The van der Waals surface area contributed by atoms with E-state index in [1.165, 1.54) is 6.20 Å². The summed E-state index contributed by atoms with van der Waals surface area (Å²) in [5.41, 5.74) is -1.29. The molecular formula is C9H11IN2O6. The Morgan fingerprint density at radius 2 is 2.06 bits per heavy atom. The van der Waals surface area contributed by atoms with E-state index in [0.717, 1.165) is 4.57 Å². The van der Waals surface area contributed by atoms with Crippen molar-refractivity contribution in [3.63, 3.8) is 0 Å². The number of hydrogen-bond acceptors (Lipinski definition) is 6. The summed E-state index contributed by atoms with van der Waals surface area (Å²) in [4.78, 5) is 24.9. The maximum absolute atomic E-state index is 11.6. The van der Waals surface area contributed by atoms with E-state index in [2.05, 4.69) is 4.98 Å². The van der Waals surface area contributed by atoms with Gasteiger partial charge in [0.25, 0.3) is 5.56 Å². The Kier molecular flexibility index (Phi) is 3.87. The van der Waals surface area contributed by atoms with Crippen molar-refractivity contribution in [1.29, 1.82) is 0 Å². The Morgan fingerprint density at radius 1 is 1.39 bits per heavy atom. The lowest BCUT2D eigenvalue weighted by Gasteiger charge is -2.17. The van der Waals surface area contributed by atoms with E-state index in [1.807, 2.05) is 0 Å². The smallest absolute Gasteiger partial charge is 0.330 e. The van der Waals surface area contributed by atoms with Crippen LogP contribution in [0.5, 0.6) is 0 Å². The van der Waals surface area contributed by atoms with Gasteiger partial charge in [-0.1, -0.05) is 0 Å². The van der Waals surface area contributed by atoms with Gasteiger partial charge in [0.1, 0.15) is 18.3 Å². The van der Waals surface area contributed by atoms with Gasteiger partial charge in [0.05, 0.1) is 10.2 Å². The van der Waals surface area contributed by atoms with Gasteiger partial charge in [0, 0.05) is 6.20 Å². The van der Waals surface area contributed by atoms with Gasteiger partial charge in [-0.3, -0.25) is 14.3 Å². The summed E-state index contributed by atoms with van der Waals surface area (Å²) in [5, 5.41) is 28.3. The van der Waals surface area contributed by atoms with Gasteiger partial charge >= 0.3 is 5.69 Å². The third kappa shape index (κ3) is 2.23. The molecule has 18 heavy (non-hydrogen) atoms. The summed E-state index contributed by atoms with van der Waals surface area (Å²) in [5.74, 6) is 0. The average molecular weight is 366 g/mol. The molecule has 4 atom stereocenters. The van der Waals surface area contributed by atoms with E-state index in [4.69, 9.17) is 9.84 Å². The van der Waals surface area contributed by atoms with Crippen LogP contribution in [-0.4, -0.2) is 49.8 Å². The number of rotatable bonds is 2. The number of halogens is 1. The molecule has 2 heterocycles. The first-order valence-electron chi connectivity index (χ1n) is 5.09. The first-order valence-corrected chi connectivity index (χ1v) is 6.17. The van der Waals surface area contributed by atoms with Crippen LogP contribution in [0.25, 0.3) is 0 Å². The van der Waals surface area contributed by atoms with Crippen LogP contribution < -0.4 is 11.2 Å². The molecule has 2 rings (SSSR count). The zero-order valence-electron chi connectivity index (χ0n) is 8.99. The molecule has 0 unspecified atom stereocenters. The largest absolute Gasteiger partial charge is 0.394 e. The minimum atomic E-state index is -1.36. The minimum absolute atomic E-state index is 0.241. The van der Waals surface area contributed by atoms with Gasteiger partial charge in [-0.15, -0.1) is 0 Å². The second-order valence-corrected chi connectivity index (χ2v) is 5.03. The fourth-order valence-corrected chi connectivity index (χ4v) is 2.19. The van der Waals surface area contributed by atoms with E-state index in [9.17, 15) is 19.8 Å². The third-order valence-corrected chi connectivity index (χ3v) is 3.48. The number of H-pyrrole nitrogens is 1.